The summed E-state index contributed by atoms with van der Waals surface area (Å²) in [7, 11) is 1.59. The van der Waals surface area contributed by atoms with Crippen LogP contribution in [-0.2, 0) is 9.59 Å². The average molecular weight is 384 g/mol. The first kappa shape index (κ1) is 19.5. The molecule has 0 heterocycles. The van der Waals surface area contributed by atoms with Gasteiger partial charge in [0.25, 0.3) is 0 Å². The van der Waals surface area contributed by atoms with E-state index in [1.807, 2.05) is 0 Å². The van der Waals surface area contributed by atoms with Gasteiger partial charge in [-0.1, -0.05) is 6.42 Å². The summed E-state index contributed by atoms with van der Waals surface area (Å²) in [6.45, 7) is -0.0968. The van der Waals surface area contributed by atoms with Gasteiger partial charge < -0.3 is 15.0 Å². The van der Waals surface area contributed by atoms with Crippen molar-refractivity contribution in [3.8, 4) is 5.75 Å². The highest BCUT2D eigenvalue weighted by atomic mass is 19.4. The summed E-state index contributed by atoms with van der Waals surface area (Å²) < 4.78 is 40.2. The first-order valence-corrected chi connectivity index (χ1v) is 9.09. The highest BCUT2D eigenvalue weighted by Crippen LogP contribution is 2.49. The van der Waals surface area contributed by atoms with E-state index in [0.29, 0.717) is 23.9 Å². The second-order valence-corrected chi connectivity index (χ2v) is 7.51. The zero-order chi connectivity index (χ0) is 19.6. The fraction of sp³-hybridized carbons (Fsp3) is 0.579. The molecule has 2 aliphatic carbocycles. The van der Waals surface area contributed by atoms with E-state index >= 15 is 0 Å². The summed E-state index contributed by atoms with van der Waals surface area (Å²) in [5.41, 5.74) is 0.337. The Morgan fingerprint density at radius 2 is 1.89 bits per heavy atom. The molecule has 3 atom stereocenters. The lowest BCUT2D eigenvalue weighted by atomic mass is 9.86. The van der Waals surface area contributed by atoms with Crippen LogP contribution in [0.3, 0.4) is 0 Å². The zero-order valence-corrected chi connectivity index (χ0v) is 15.1. The number of ether oxygens (including phenoxy) is 1. The molecule has 5 nitrogen and oxygen atoms in total. The third-order valence-electron chi connectivity index (χ3n) is 5.50. The molecular weight excluding hydrogens is 361 g/mol. The molecule has 1 aromatic carbocycles. The molecule has 2 bridgehead atoms. The number of alkyl halides is 3. The summed E-state index contributed by atoms with van der Waals surface area (Å²) in [5.74, 6) is 1.05. The lowest BCUT2D eigenvalue weighted by Crippen LogP contribution is -2.36. The Kier molecular flexibility index (Phi) is 5.62. The molecule has 1 aromatic rings. The minimum Gasteiger partial charge on any atom is -0.406 e. The van der Waals surface area contributed by atoms with Crippen molar-refractivity contribution >= 4 is 17.5 Å². The molecule has 0 aromatic heterocycles. The zero-order valence-electron chi connectivity index (χ0n) is 15.1. The number of nitrogens with zero attached hydrogens (tertiary/aromatic N) is 1. The fourth-order valence-corrected chi connectivity index (χ4v) is 4.25. The molecule has 3 rings (SSSR count). The van der Waals surface area contributed by atoms with Gasteiger partial charge in [0.1, 0.15) is 5.75 Å². The van der Waals surface area contributed by atoms with Crippen LogP contribution < -0.4 is 10.1 Å². The van der Waals surface area contributed by atoms with E-state index in [1.165, 1.54) is 36.3 Å². The van der Waals surface area contributed by atoms with Crippen LogP contribution >= 0.6 is 0 Å². The molecule has 0 saturated heterocycles. The van der Waals surface area contributed by atoms with E-state index in [0.717, 1.165) is 24.5 Å². The minimum absolute atomic E-state index is 0.0448. The number of likely N-dealkylation sites (N-methyl/N-ethyl adjacent to an activating group) is 1. The summed E-state index contributed by atoms with van der Waals surface area (Å²) in [5, 5.41) is 2.57. The number of hydrogen-bond acceptors (Lipinski definition) is 3. The fourth-order valence-electron chi connectivity index (χ4n) is 4.25. The summed E-state index contributed by atoms with van der Waals surface area (Å²) in [6, 6.07) is 4.87. The molecule has 0 spiro atoms. The van der Waals surface area contributed by atoms with Crippen LogP contribution in [-0.4, -0.2) is 36.7 Å². The maximum atomic E-state index is 12.4. The van der Waals surface area contributed by atoms with E-state index in [1.54, 1.807) is 7.05 Å². The summed E-state index contributed by atoms with van der Waals surface area (Å²) in [6.07, 6.45) is 0.557. The van der Waals surface area contributed by atoms with Crippen LogP contribution in [0.15, 0.2) is 24.3 Å². The molecule has 2 fully saturated rings. The molecule has 27 heavy (non-hydrogen) atoms. The summed E-state index contributed by atoms with van der Waals surface area (Å²) >= 11 is 0. The maximum absolute atomic E-state index is 12.4. The lowest BCUT2D eigenvalue weighted by molar-refractivity contribution is -0.274. The highest BCUT2D eigenvalue weighted by molar-refractivity contribution is 5.94. The number of fused-ring (bicyclic) bond motifs is 2. The Balaban J connectivity index is 1.44. The Morgan fingerprint density at radius 3 is 2.44 bits per heavy atom. The van der Waals surface area contributed by atoms with E-state index in [4.69, 9.17) is 0 Å². The number of amides is 2. The topological polar surface area (TPSA) is 58.6 Å². The number of carbonyl (C=O) groups is 2. The van der Waals surface area contributed by atoms with Gasteiger partial charge >= 0.3 is 6.36 Å². The Hall–Kier alpha value is -2.25. The normalized spacial score (nSPS) is 23.9. The van der Waals surface area contributed by atoms with Crippen molar-refractivity contribution in [2.45, 2.75) is 38.5 Å². The largest absolute Gasteiger partial charge is 0.573 e. The van der Waals surface area contributed by atoms with Crippen LogP contribution in [0.1, 0.15) is 32.1 Å². The van der Waals surface area contributed by atoms with Gasteiger partial charge in [0.2, 0.25) is 11.8 Å². The van der Waals surface area contributed by atoms with Gasteiger partial charge in [-0.05, 0) is 61.3 Å². The van der Waals surface area contributed by atoms with E-state index in [-0.39, 0.29) is 18.2 Å². The molecule has 8 heteroatoms. The van der Waals surface area contributed by atoms with Crippen LogP contribution in [0.25, 0.3) is 0 Å². The summed E-state index contributed by atoms with van der Waals surface area (Å²) in [4.78, 5) is 25.9. The van der Waals surface area contributed by atoms with Gasteiger partial charge in [0.05, 0.1) is 6.54 Å². The van der Waals surface area contributed by atoms with Crippen molar-refractivity contribution in [2.75, 3.05) is 18.9 Å². The minimum atomic E-state index is -4.76. The molecule has 148 valence electrons. The number of carbonyl (C=O) groups excluding carboxylic acids is 2. The number of halogens is 3. The standard InChI is InChI=1S/C19H23F3N2O3/c1-24(18(26)10-14-9-12-2-3-13(14)8-12)11-17(25)23-15-4-6-16(7-5-15)27-19(20,21)22/h4-7,12-14H,2-3,8-11H2,1H3,(H,23,25)/t12-,13-,14-/m1/s1. The van der Waals surface area contributed by atoms with Crippen LogP contribution in [0, 0.1) is 17.8 Å². The molecule has 2 amide bonds. The molecular formula is C19H23F3N2O3. The molecule has 1 N–H and O–H groups in total. The maximum Gasteiger partial charge on any atom is 0.573 e. The van der Waals surface area contributed by atoms with Crippen LogP contribution in [0.5, 0.6) is 5.75 Å². The molecule has 2 saturated carbocycles. The molecule has 0 unspecified atom stereocenters. The third kappa shape index (κ3) is 5.37. The Morgan fingerprint density at radius 1 is 1.19 bits per heavy atom. The van der Waals surface area contributed by atoms with Crippen LogP contribution in [0.4, 0.5) is 18.9 Å². The first-order valence-electron chi connectivity index (χ1n) is 9.09. The highest BCUT2D eigenvalue weighted by Gasteiger charge is 2.40. The lowest BCUT2D eigenvalue weighted by Gasteiger charge is -2.24. The Labute approximate surface area is 155 Å². The van der Waals surface area contributed by atoms with Crippen molar-refractivity contribution in [2.24, 2.45) is 17.8 Å². The van der Waals surface area contributed by atoms with E-state index < -0.39 is 12.3 Å². The van der Waals surface area contributed by atoms with E-state index in [2.05, 4.69) is 10.1 Å². The monoisotopic (exact) mass is 384 g/mol. The smallest absolute Gasteiger partial charge is 0.406 e. The molecule has 0 radical (unpaired) electrons. The number of hydrogen-bond donors (Lipinski definition) is 1. The Bertz CT molecular complexity index is 690. The van der Waals surface area contributed by atoms with Crippen molar-refractivity contribution in [1.29, 1.82) is 0 Å². The van der Waals surface area contributed by atoms with Crippen molar-refractivity contribution < 1.29 is 27.5 Å². The van der Waals surface area contributed by atoms with Crippen molar-refractivity contribution in [3.05, 3.63) is 24.3 Å². The average Bonchev–Trinajstić information content (AvgIpc) is 3.18. The predicted octanol–water partition coefficient (Wildman–Crippen LogP) is 3.81. The van der Waals surface area contributed by atoms with Gasteiger partial charge in [-0.15, -0.1) is 13.2 Å². The molecule has 2 aliphatic rings. The SMILES string of the molecule is CN(CC(=O)Nc1ccc(OC(F)(F)F)cc1)C(=O)C[C@H]1C[C@@H]2CC[C@@H]1C2. The van der Waals surface area contributed by atoms with Crippen molar-refractivity contribution in [3.63, 3.8) is 0 Å². The van der Waals surface area contributed by atoms with Crippen LogP contribution in [0.2, 0.25) is 0 Å². The second kappa shape index (κ2) is 7.78. The van der Waals surface area contributed by atoms with Gasteiger partial charge in [0.15, 0.2) is 0 Å². The van der Waals surface area contributed by atoms with Gasteiger partial charge in [-0.25, -0.2) is 0 Å². The number of nitrogens with one attached hydrogen (secondary N) is 1. The molecule has 0 aliphatic heterocycles. The number of anilines is 1. The van der Waals surface area contributed by atoms with Crippen molar-refractivity contribution in [1.82, 2.24) is 4.90 Å². The first-order chi connectivity index (χ1) is 12.7. The van der Waals surface area contributed by atoms with Gasteiger partial charge in [-0.2, -0.15) is 0 Å². The number of benzene rings is 1. The quantitative estimate of drug-likeness (QED) is 0.812. The predicted molar refractivity (Wildman–Crippen MR) is 92.9 cm³/mol. The third-order valence-corrected chi connectivity index (χ3v) is 5.50. The van der Waals surface area contributed by atoms with Gasteiger partial charge in [0, 0.05) is 19.2 Å². The second-order valence-electron chi connectivity index (χ2n) is 7.51. The van der Waals surface area contributed by atoms with Gasteiger partial charge in [-0.3, -0.25) is 9.59 Å². The van der Waals surface area contributed by atoms with E-state index in [9.17, 15) is 22.8 Å². The number of rotatable bonds is 6.